The van der Waals surface area contributed by atoms with Crippen LogP contribution in [0.25, 0.3) is 0 Å². The molecule has 0 bridgehead atoms. The van der Waals surface area contributed by atoms with Gasteiger partial charge in [0.2, 0.25) is 5.91 Å². The average Bonchev–Trinajstić information content (AvgIpc) is 3.24. The fourth-order valence-corrected chi connectivity index (χ4v) is 4.76. The topological polar surface area (TPSA) is 56.7 Å². The second-order valence-electron chi connectivity index (χ2n) is 8.85. The van der Waals surface area contributed by atoms with Crippen molar-refractivity contribution < 1.29 is 9.90 Å². The van der Waals surface area contributed by atoms with Crippen molar-refractivity contribution >= 4 is 29.1 Å². The van der Waals surface area contributed by atoms with Crippen LogP contribution >= 0.6 is 23.2 Å². The minimum absolute atomic E-state index is 0.0182. The Labute approximate surface area is 210 Å². The lowest BCUT2D eigenvalue weighted by Gasteiger charge is -2.35. The minimum Gasteiger partial charge on any atom is -0.392 e. The lowest BCUT2D eigenvalue weighted by atomic mass is 10.0. The number of pyridine rings is 1. The third kappa shape index (κ3) is 6.36. The Balaban J connectivity index is 1.67. The van der Waals surface area contributed by atoms with Gasteiger partial charge in [-0.25, -0.2) is 0 Å². The maximum Gasteiger partial charge on any atom is 0.227 e. The van der Waals surface area contributed by atoms with E-state index in [0.29, 0.717) is 29.7 Å². The van der Waals surface area contributed by atoms with Crippen LogP contribution in [-0.4, -0.2) is 51.5 Å². The molecule has 2 aromatic carbocycles. The highest BCUT2D eigenvalue weighted by Gasteiger charge is 2.30. The smallest absolute Gasteiger partial charge is 0.227 e. The fraction of sp³-hybridized carbons (Fsp3) is 0.333. The quantitative estimate of drug-likeness (QED) is 0.471. The summed E-state index contributed by atoms with van der Waals surface area (Å²) < 4.78 is 0. The number of aromatic nitrogens is 1. The van der Waals surface area contributed by atoms with Crippen LogP contribution < -0.4 is 0 Å². The monoisotopic (exact) mass is 497 g/mol. The summed E-state index contributed by atoms with van der Waals surface area (Å²) in [5.74, 6) is -0.0182. The lowest BCUT2D eigenvalue weighted by Crippen LogP contribution is -2.41. The summed E-state index contributed by atoms with van der Waals surface area (Å²) in [5, 5.41) is 11.0. The number of hydrogen-bond donors (Lipinski definition) is 1. The number of likely N-dealkylation sites (tertiary alicyclic amines) is 1. The molecule has 1 saturated heterocycles. The van der Waals surface area contributed by atoms with Gasteiger partial charge in [0.15, 0.2) is 0 Å². The molecule has 34 heavy (non-hydrogen) atoms. The van der Waals surface area contributed by atoms with E-state index in [2.05, 4.69) is 22.0 Å². The number of halogens is 2. The summed E-state index contributed by atoms with van der Waals surface area (Å²) >= 11 is 12.3. The van der Waals surface area contributed by atoms with Crippen molar-refractivity contribution in [1.82, 2.24) is 14.8 Å². The van der Waals surface area contributed by atoms with Crippen molar-refractivity contribution in [3.05, 3.63) is 99.3 Å². The number of aliphatic hydroxyl groups is 1. The van der Waals surface area contributed by atoms with Gasteiger partial charge in [-0.2, -0.15) is 0 Å². The van der Waals surface area contributed by atoms with E-state index in [0.717, 1.165) is 35.5 Å². The highest BCUT2D eigenvalue weighted by molar-refractivity contribution is 6.42. The lowest BCUT2D eigenvalue weighted by molar-refractivity contribution is -0.134. The number of amides is 1. The van der Waals surface area contributed by atoms with Crippen LogP contribution in [0.15, 0.2) is 66.7 Å². The predicted molar refractivity (Wildman–Crippen MR) is 136 cm³/mol. The van der Waals surface area contributed by atoms with Crippen molar-refractivity contribution in [2.24, 2.45) is 0 Å². The Morgan fingerprint density at radius 1 is 1.12 bits per heavy atom. The molecule has 2 heterocycles. The fourth-order valence-electron chi connectivity index (χ4n) is 4.44. The first-order valence-electron chi connectivity index (χ1n) is 11.5. The number of hydrogen-bond acceptors (Lipinski definition) is 4. The molecule has 1 aliphatic rings. The molecule has 7 heteroatoms. The van der Waals surface area contributed by atoms with Gasteiger partial charge in [0, 0.05) is 25.3 Å². The summed E-state index contributed by atoms with van der Waals surface area (Å²) in [7, 11) is 0. The number of carbonyl (C=O) groups is 1. The maximum atomic E-state index is 13.8. The molecule has 1 N–H and O–H groups in total. The number of rotatable bonds is 8. The third-order valence-corrected chi connectivity index (χ3v) is 6.92. The first-order valence-corrected chi connectivity index (χ1v) is 12.3. The van der Waals surface area contributed by atoms with E-state index in [1.165, 1.54) is 0 Å². The first-order chi connectivity index (χ1) is 16.4. The van der Waals surface area contributed by atoms with Gasteiger partial charge in [-0.1, -0.05) is 65.7 Å². The molecule has 0 saturated carbocycles. The molecular weight excluding hydrogens is 469 g/mol. The number of aryl methyl sites for hydroxylation is 1. The van der Waals surface area contributed by atoms with Crippen LogP contribution in [0.5, 0.6) is 0 Å². The van der Waals surface area contributed by atoms with Crippen LogP contribution in [0.3, 0.4) is 0 Å². The second kappa shape index (κ2) is 11.3. The third-order valence-electron chi connectivity index (χ3n) is 6.18. The normalized spacial score (nSPS) is 17.0. The summed E-state index contributed by atoms with van der Waals surface area (Å²) in [6.45, 7) is 4.40. The van der Waals surface area contributed by atoms with Gasteiger partial charge in [-0.15, -0.1) is 0 Å². The van der Waals surface area contributed by atoms with Crippen molar-refractivity contribution in [1.29, 1.82) is 0 Å². The minimum atomic E-state index is -0.324. The molecule has 0 radical (unpaired) electrons. The van der Waals surface area contributed by atoms with Crippen LogP contribution in [0.1, 0.15) is 35.0 Å². The van der Waals surface area contributed by atoms with Gasteiger partial charge in [-0.3, -0.25) is 14.7 Å². The zero-order valence-corrected chi connectivity index (χ0v) is 20.7. The van der Waals surface area contributed by atoms with Gasteiger partial charge < -0.3 is 10.0 Å². The zero-order valence-electron chi connectivity index (χ0n) is 19.2. The number of carbonyl (C=O) groups excluding carboxylic acids is 1. The summed E-state index contributed by atoms with van der Waals surface area (Å²) in [6.07, 6.45) is 0.627. The molecule has 4 rings (SSSR count). The Morgan fingerprint density at radius 2 is 1.91 bits per heavy atom. The molecule has 1 aliphatic heterocycles. The Bertz CT molecular complexity index is 1130. The van der Waals surface area contributed by atoms with Gasteiger partial charge >= 0.3 is 0 Å². The number of nitrogens with zero attached hydrogens (tertiary/aromatic N) is 3. The van der Waals surface area contributed by atoms with Crippen LogP contribution in [0.2, 0.25) is 10.0 Å². The molecule has 2 atom stereocenters. The van der Waals surface area contributed by atoms with Gasteiger partial charge in [0.05, 0.1) is 40.9 Å². The van der Waals surface area contributed by atoms with Gasteiger partial charge in [0.25, 0.3) is 0 Å². The SMILES string of the molecule is Cc1cccc(CN(C(=O)Cc2ccc(Cl)c(Cl)c2)C(CN2CCC(O)C2)c2ccccc2)n1. The summed E-state index contributed by atoms with van der Waals surface area (Å²) in [6, 6.07) is 21.1. The van der Waals surface area contributed by atoms with Crippen molar-refractivity contribution in [3.8, 4) is 0 Å². The molecule has 5 nitrogen and oxygen atoms in total. The average molecular weight is 498 g/mol. The van der Waals surface area contributed by atoms with E-state index in [-0.39, 0.29) is 24.5 Å². The van der Waals surface area contributed by atoms with E-state index in [9.17, 15) is 9.90 Å². The van der Waals surface area contributed by atoms with E-state index in [1.807, 2.05) is 54.3 Å². The molecule has 3 aromatic rings. The second-order valence-corrected chi connectivity index (χ2v) is 9.66. The number of β-amino-alcohol motifs (C(OH)–C–C–N with tert-alkyl or cyclic N) is 1. The Morgan fingerprint density at radius 3 is 2.59 bits per heavy atom. The van der Waals surface area contributed by atoms with Crippen molar-refractivity contribution in [3.63, 3.8) is 0 Å². The molecule has 178 valence electrons. The van der Waals surface area contributed by atoms with Crippen molar-refractivity contribution in [2.75, 3.05) is 19.6 Å². The Hall–Kier alpha value is -2.44. The van der Waals surface area contributed by atoms with Crippen LogP contribution in [0, 0.1) is 6.92 Å². The van der Waals surface area contributed by atoms with Gasteiger partial charge in [0.1, 0.15) is 0 Å². The van der Waals surface area contributed by atoms with Crippen molar-refractivity contribution in [2.45, 2.75) is 38.5 Å². The van der Waals surface area contributed by atoms with E-state index < -0.39 is 0 Å². The standard InChI is InChI=1S/C27H29Cl2N3O2/c1-19-6-5-9-22(30-19)16-32(27(34)15-20-10-11-24(28)25(29)14-20)26(21-7-3-2-4-8-21)18-31-13-12-23(33)17-31/h2-11,14,23,26,33H,12-13,15-18H2,1H3. The van der Waals surface area contributed by atoms with Gasteiger partial charge in [-0.05, 0) is 48.7 Å². The molecule has 1 amide bonds. The predicted octanol–water partition coefficient (Wildman–Crippen LogP) is 5.08. The maximum absolute atomic E-state index is 13.8. The summed E-state index contributed by atoms with van der Waals surface area (Å²) in [5.41, 5.74) is 3.61. The summed E-state index contributed by atoms with van der Waals surface area (Å²) in [4.78, 5) is 22.6. The molecule has 1 aromatic heterocycles. The van der Waals surface area contributed by atoms with Crippen LogP contribution in [-0.2, 0) is 17.8 Å². The van der Waals surface area contributed by atoms with E-state index >= 15 is 0 Å². The largest absolute Gasteiger partial charge is 0.392 e. The number of aliphatic hydroxyl groups excluding tert-OH is 1. The highest BCUT2D eigenvalue weighted by Crippen LogP contribution is 2.28. The molecule has 0 aliphatic carbocycles. The molecule has 2 unspecified atom stereocenters. The van der Waals surface area contributed by atoms with E-state index in [1.54, 1.807) is 12.1 Å². The zero-order chi connectivity index (χ0) is 24.1. The molecule has 0 spiro atoms. The van der Waals surface area contributed by atoms with Crippen LogP contribution in [0.4, 0.5) is 0 Å². The Kier molecular flexibility index (Phi) is 8.22. The number of benzene rings is 2. The van der Waals surface area contributed by atoms with E-state index in [4.69, 9.17) is 23.2 Å². The first kappa shape index (κ1) is 24.7. The highest BCUT2D eigenvalue weighted by atomic mass is 35.5. The molecule has 1 fully saturated rings. The molecular formula is C27H29Cl2N3O2.